The number of amides is 1. The minimum absolute atomic E-state index is 0.0890. The van der Waals surface area contributed by atoms with Crippen molar-refractivity contribution in [2.24, 2.45) is 5.73 Å². The number of benzene rings is 2. The molecule has 140 valence electrons. The van der Waals surface area contributed by atoms with Crippen LogP contribution in [0.25, 0.3) is 10.6 Å². The molecule has 0 bridgehead atoms. The molecule has 1 amide bonds. The molecule has 0 aliphatic rings. The van der Waals surface area contributed by atoms with E-state index < -0.39 is 15.9 Å². The van der Waals surface area contributed by atoms with E-state index in [2.05, 4.69) is 9.71 Å². The molecule has 3 N–H and O–H groups in total. The number of sulfonamides is 1. The number of aryl methyl sites for hydroxylation is 1. The molecule has 0 unspecified atom stereocenters. The Morgan fingerprint density at radius 1 is 1.11 bits per heavy atom. The lowest BCUT2D eigenvalue weighted by Crippen LogP contribution is -2.26. The number of nitrogens with two attached hydrogens (primary N) is 1. The minimum atomic E-state index is -3.65. The zero-order valence-corrected chi connectivity index (χ0v) is 16.3. The number of carbonyl (C=O) groups is 1. The van der Waals surface area contributed by atoms with Crippen LogP contribution in [0.15, 0.2) is 58.8 Å². The first kappa shape index (κ1) is 19.2. The molecule has 3 aromatic rings. The second kappa shape index (κ2) is 7.99. The molecule has 0 spiro atoms. The van der Waals surface area contributed by atoms with E-state index in [4.69, 9.17) is 5.73 Å². The first-order valence-corrected chi connectivity index (χ1v) is 10.6. The van der Waals surface area contributed by atoms with Crippen molar-refractivity contribution in [1.82, 2.24) is 9.71 Å². The van der Waals surface area contributed by atoms with Crippen molar-refractivity contribution in [1.29, 1.82) is 0 Å². The van der Waals surface area contributed by atoms with Gasteiger partial charge in [0.25, 0.3) is 0 Å². The van der Waals surface area contributed by atoms with Crippen molar-refractivity contribution in [2.45, 2.75) is 18.2 Å². The van der Waals surface area contributed by atoms with Gasteiger partial charge in [-0.2, -0.15) is 0 Å². The van der Waals surface area contributed by atoms with Gasteiger partial charge in [0.2, 0.25) is 15.9 Å². The normalized spacial score (nSPS) is 11.4. The summed E-state index contributed by atoms with van der Waals surface area (Å²) in [6, 6.07) is 13.6. The van der Waals surface area contributed by atoms with E-state index in [0.717, 1.165) is 16.3 Å². The largest absolute Gasteiger partial charge is 0.366 e. The van der Waals surface area contributed by atoms with Crippen LogP contribution in [-0.4, -0.2) is 25.9 Å². The lowest BCUT2D eigenvalue weighted by molar-refractivity contribution is 0.1000. The molecule has 0 aliphatic carbocycles. The summed E-state index contributed by atoms with van der Waals surface area (Å²) in [5, 5.41) is 2.85. The van der Waals surface area contributed by atoms with Crippen LogP contribution in [0.2, 0.25) is 0 Å². The third kappa shape index (κ3) is 4.79. The summed E-state index contributed by atoms with van der Waals surface area (Å²) in [6.07, 6.45) is 0.487. The zero-order valence-electron chi connectivity index (χ0n) is 14.7. The van der Waals surface area contributed by atoms with Crippen LogP contribution in [0, 0.1) is 6.92 Å². The molecule has 3 rings (SSSR count). The third-order valence-electron chi connectivity index (χ3n) is 3.97. The van der Waals surface area contributed by atoms with Crippen LogP contribution in [0.3, 0.4) is 0 Å². The molecule has 0 saturated heterocycles. The Morgan fingerprint density at radius 3 is 2.41 bits per heavy atom. The summed E-state index contributed by atoms with van der Waals surface area (Å²) in [5.41, 5.74) is 8.50. The summed E-state index contributed by atoms with van der Waals surface area (Å²) in [7, 11) is -3.65. The molecule has 0 fully saturated rings. The van der Waals surface area contributed by atoms with Crippen molar-refractivity contribution >= 4 is 27.3 Å². The van der Waals surface area contributed by atoms with Crippen molar-refractivity contribution in [3.8, 4) is 10.6 Å². The highest BCUT2D eigenvalue weighted by molar-refractivity contribution is 7.89. The Morgan fingerprint density at radius 2 is 1.78 bits per heavy atom. The highest BCUT2D eigenvalue weighted by atomic mass is 32.2. The van der Waals surface area contributed by atoms with Gasteiger partial charge in [-0.25, -0.2) is 18.1 Å². The molecule has 0 atom stereocenters. The maximum absolute atomic E-state index is 12.3. The summed E-state index contributed by atoms with van der Waals surface area (Å²) < 4.78 is 27.2. The number of aromatic nitrogens is 1. The predicted molar refractivity (Wildman–Crippen MR) is 106 cm³/mol. The van der Waals surface area contributed by atoms with Gasteiger partial charge in [0.05, 0.1) is 10.6 Å². The van der Waals surface area contributed by atoms with Crippen LogP contribution in [-0.2, 0) is 16.4 Å². The standard InChI is InChI=1S/C19H19N3O3S2/c1-13-2-4-15(5-3-13)19-22-16(12-26-19)10-11-21-27(24,25)17-8-6-14(7-9-17)18(20)23/h2-9,12,21H,10-11H2,1H3,(H2,20,23). The van der Waals surface area contributed by atoms with E-state index in [9.17, 15) is 13.2 Å². The van der Waals surface area contributed by atoms with Gasteiger partial charge in [-0.1, -0.05) is 29.8 Å². The molecule has 8 heteroatoms. The van der Waals surface area contributed by atoms with E-state index >= 15 is 0 Å². The minimum Gasteiger partial charge on any atom is -0.366 e. The van der Waals surface area contributed by atoms with Gasteiger partial charge in [-0.05, 0) is 31.2 Å². The van der Waals surface area contributed by atoms with Crippen LogP contribution in [0.5, 0.6) is 0 Å². The van der Waals surface area contributed by atoms with Gasteiger partial charge in [0.15, 0.2) is 0 Å². The first-order chi connectivity index (χ1) is 12.8. The highest BCUT2D eigenvalue weighted by Gasteiger charge is 2.14. The first-order valence-electron chi connectivity index (χ1n) is 8.26. The Balaban J connectivity index is 1.60. The summed E-state index contributed by atoms with van der Waals surface area (Å²) in [4.78, 5) is 15.7. The van der Waals surface area contributed by atoms with Gasteiger partial charge in [-0.3, -0.25) is 4.79 Å². The Labute approximate surface area is 162 Å². The molecule has 0 aliphatic heterocycles. The van der Waals surface area contributed by atoms with Crippen LogP contribution >= 0.6 is 11.3 Å². The van der Waals surface area contributed by atoms with Gasteiger partial charge in [0, 0.05) is 29.5 Å². The van der Waals surface area contributed by atoms with Crippen molar-refractivity contribution in [3.63, 3.8) is 0 Å². The van der Waals surface area contributed by atoms with Crippen molar-refractivity contribution < 1.29 is 13.2 Å². The quantitative estimate of drug-likeness (QED) is 0.635. The number of hydrogen-bond acceptors (Lipinski definition) is 5. The molecular weight excluding hydrogens is 382 g/mol. The van der Waals surface area contributed by atoms with Crippen molar-refractivity contribution in [2.75, 3.05) is 6.54 Å². The maximum atomic E-state index is 12.3. The molecular formula is C19H19N3O3S2. The van der Waals surface area contributed by atoms with E-state index in [-0.39, 0.29) is 17.0 Å². The average molecular weight is 402 g/mol. The molecule has 2 aromatic carbocycles. The lowest BCUT2D eigenvalue weighted by Gasteiger charge is -2.06. The smallest absolute Gasteiger partial charge is 0.248 e. The molecule has 1 aromatic heterocycles. The molecule has 1 heterocycles. The number of carbonyl (C=O) groups excluding carboxylic acids is 1. The molecule has 0 saturated carbocycles. The molecule has 0 radical (unpaired) electrons. The Hall–Kier alpha value is -2.55. The third-order valence-corrected chi connectivity index (χ3v) is 6.39. The van der Waals surface area contributed by atoms with Gasteiger partial charge >= 0.3 is 0 Å². The fraction of sp³-hybridized carbons (Fsp3) is 0.158. The van der Waals surface area contributed by atoms with E-state index in [0.29, 0.717) is 6.42 Å². The SMILES string of the molecule is Cc1ccc(-c2nc(CCNS(=O)(=O)c3ccc(C(N)=O)cc3)cs2)cc1. The maximum Gasteiger partial charge on any atom is 0.248 e. The fourth-order valence-corrected chi connectivity index (χ4v) is 4.34. The Kier molecular flexibility index (Phi) is 5.69. The number of hydrogen-bond donors (Lipinski definition) is 2. The zero-order chi connectivity index (χ0) is 19.4. The summed E-state index contributed by atoms with van der Waals surface area (Å²) >= 11 is 1.53. The number of nitrogens with zero attached hydrogens (tertiary/aromatic N) is 1. The fourth-order valence-electron chi connectivity index (χ4n) is 2.45. The van der Waals surface area contributed by atoms with Gasteiger partial charge in [-0.15, -0.1) is 11.3 Å². The number of rotatable bonds is 7. The molecule has 6 nitrogen and oxygen atoms in total. The van der Waals surface area contributed by atoms with Crippen LogP contribution < -0.4 is 10.5 Å². The van der Waals surface area contributed by atoms with E-state index in [1.54, 1.807) is 0 Å². The van der Waals surface area contributed by atoms with Gasteiger partial charge < -0.3 is 5.73 Å². The van der Waals surface area contributed by atoms with E-state index in [1.807, 2.05) is 36.6 Å². The van der Waals surface area contributed by atoms with E-state index in [1.165, 1.54) is 41.2 Å². The summed E-state index contributed by atoms with van der Waals surface area (Å²) in [6.45, 7) is 2.27. The molecule has 27 heavy (non-hydrogen) atoms. The number of nitrogens with one attached hydrogen (secondary N) is 1. The lowest BCUT2D eigenvalue weighted by atomic mass is 10.2. The summed E-state index contributed by atoms with van der Waals surface area (Å²) in [5.74, 6) is -0.597. The Bertz CT molecular complexity index is 1040. The van der Waals surface area contributed by atoms with Crippen molar-refractivity contribution in [3.05, 3.63) is 70.7 Å². The monoisotopic (exact) mass is 401 g/mol. The number of thiazole rings is 1. The van der Waals surface area contributed by atoms with Crippen LogP contribution in [0.4, 0.5) is 0 Å². The average Bonchev–Trinajstić information content (AvgIpc) is 3.11. The number of primary amides is 1. The second-order valence-electron chi connectivity index (χ2n) is 6.05. The second-order valence-corrected chi connectivity index (χ2v) is 8.67. The van der Waals surface area contributed by atoms with Gasteiger partial charge in [0.1, 0.15) is 5.01 Å². The van der Waals surface area contributed by atoms with Crippen LogP contribution in [0.1, 0.15) is 21.6 Å². The topological polar surface area (TPSA) is 102 Å². The highest BCUT2D eigenvalue weighted by Crippen LogP contribution is 2.24. The predicted octanol–water partition coefficient (Wildman–Crippen LogP) is 2.74.